The van der Waals surface area contributed by atoms with Crippen molar-refractivity contribution in [3.05, 3.63) is 46.0 Å². The maximum Gasteiger partial charge on any atom is 0.295 e. The third-order valence-corrected chi connectivity index (χ3v) is 3.68. The number of rotatable bonds is 3. The minimum absolute atomic E-state index is 0.0127. The van der Waals surface area contributed by atoms with Crippen LogP contribution in [-0.4, -0.2) is 15.6 Å². The molecule has 0 aliphatic carbocycles. The van der Waals surface area contributed by atoms with Crippen LogP contribution in [0, 0.1) is 13.8 Å². The summed E-state index contributed by atoms with van der Waals surface area (Å²) in [6.07, 6.45) is 0. The maximum atomic E-state index is 12.4. The van der Waals surface area contributed by atoms with E-state index in [9.17, 15) is 4.79 Å². The fourth-order valence-electron chi connectivity index (χ4n) is 1.95. The quantitative estimate of drug-likeness (QED) is 0.531. The number of nitrogens with two attached hydrogens (primary N) is 1. The molecule has 0 amide bonds. The van der Waals surface area contributed by atoms with E-state index in [1.807, 2.05) is 26.0 Å². The van der Waals surface area contributed by atoms with Crippen LogP contribution in [0.1, 0.15) is 35.0 Å². The van der Waals surface area contributed by atoms with Crippen molar-refractivity contribution in [3.8, 4) is 0 Å². The minimum Gasteiger partial charge on any atom is -0.290 e. The Balaban J connectivity index is 2.33. The fourth-order valence-corrected chi connectivity index (χ4v) is 2.22. The molecule has 1 heterocycles. The van der Waals surface area contributed by atoms with Crippen LogP contribution in [0.3, 0.4) is 0 Å². The van der Waals surface area contributed by atoms with Crippen LogP contribution in [0.25, 0.3) is 0 Å². The average Bonchev–Trinajstić information content (AvgIpc) is 2.66. The van der Waals surface area contributed by atoms with Crippen LogP contribution in [0.4, 0.5) is 0 Å². The molecule has 1 unspecified atom stereocenters. The highest BCUT2D eigenvalue weighted by Gasteiger charge is 2.28. The van der Waals surface area contributed by atoms with Gasteiger partial charge in [-0.15, -0.1) is 4.68 Å². The van der Waals surface area contributed by atoms with Crippen molar-refractivity contribution in [3.63, 3.8) is 0 Å². The third kappa shape index (κ3) is 2.53. The molecular weight excluding hydrogens is 308 g/mol. The van der Waals surface area contributed by atoms with Gasteiger partial charge in [0.2, 0.25) is 5.78 Å². The molecule has 1 aromatic carbocycles. The Kier molecular flexibility index (Phi) is 3.71. The zero-order chi connectivity index (χ0) is 14.2. The lowest BCUT2D eigenvalue weighted by Crippen LogP contribution is -2.48. The molecule has 2 aromatic rings. The fraction of sp³-hybridized carbons (Fsp3) is 0.308. The van der Waals surface area contributed by atoms with Gasteiger partial charge in [-0.05, 0) is 19.1 Å². The Morgan fingerprint density at radius 3 is 2.42 bits per heavy atom. The Bertz CT molecular complexity index is 618. The molecule has 0 saturated heterocycles. The van der Waals surface area contributed by atoms with Gasteiger partial charge in [-0.1, -0.05) is 32.7 Å². The second-order valence-electron chi connectivity index (χ2n) is 4.46. The molecule has 19 heavy (non-hydrogen) atoms. The molecule has 0 radical (unpaired) electrons. The highest BCUT2D eigenvalue weighted by Crippen LogP contribution is 2.17. The standard InChI is InChI=1S/C13H16BrN4O/c1-8(18-10(3)17(15)9(2)16-18)13(19)11-4-6-12(14)7-5-11/h4-8H,15H2,1-3H3/q+1. The van der Waals surface area contributed by atoms with Gasteiger partial charge < -0.3 is 0 Å². The summed E-state index contributed by atoms with van der Waals surface area (Å²) in [5.74, 6) is 7.25. The number of Topliss-reactive ketones (excluding diaryl/α,β-unsaturated/α-hetero) is 1. The van der Waals surface area contributed by atoms with E-state index in [1.165, 1.54) is 4.68 Å². The van der Waals surface area contributed by atoms with Crippen LogP contribution < -0.4 is 10.5 Å². The van der Waals surface area contributed by atoms with Crippen LogP contribution in [0.2, 0.25) is 0 Å². The predicted molar refractivity (Wildman–Crippen MR) is 75.2 cm³/mol. The van der Waals surface area contributed by atoms with Crippen molar-refractivity contribution in [1.29, 1.82) is 0 Å². The number of carbonyl (C=O) groups is 1. The van der Waals surface area contributed by atoms with Gasteiger partial charge >= 0.3 is 0 Å². The molecule has 0 fully saturated rings. The normalized spacial score (nSPS) is 12.4. The van der Waals surface area contributed by atoms with Gasteiger partial charge in [0.05, 0.1) is 0 Å². The molecule has 0 spiro atoms. The number of hydrogen-bond acceptors (Lipinski definition) is 3. The lowest BCUT2D eigenvalue weighted by Gasteiger charge is -2.06. The summed E-state index contributed by atoms with van der Waals surface area (Å²) < 4.78 is 4.08. The topological polar surface area (TPSA) is 64.8 Å². The lowest BCUT2D eigenvalue weighted by molar-refractivity contribution is -0.652. The molecule has 0 aliphatic rings. The number of carbonyl (C=O) groups excluding carboxylic acids is 1. The van der Waals surface area contributed by atoms with Gasteiger partial charge in [0, 0.05) is 29.0 Å². The number of halogens is 1. The summed E-state index contributed by atoms with van der Waals surface area (Å²) in [7, 11) is 0. The number of aromatic nitrogens is 3. The van der Waals surface area contributed by atoms with Gasteiger partial charge in [0.25, 0.3) is 11.6 Å². The van der Waals surface area contributed by atoms with Crippen LogP contribution >= 0.6 is 15.9 Å². The monoisotopic (exact) mass is 323 g/mol. The van der Waals surface area contributed by atoms with E-state index in [1.54, 1.807) is 23.7 Å². The summed E-state index contributed by atoms with van der Waals surface area (Å²) >= 11 is 3.35. The van der Waals surface area contributed by atoms with E-state index >= 15 is 0 Å². The van der Waals surface area contributed by atoms with E-state index < -0.39 is 0 Å². The van der Waals surface area contributed by atoms with Crippen LogP contribution in [0.15, 0.2) is 28.7 Å². The SMILES string of the molecule is Cc1nn(C(C)C(=O)c2ccc(Br)cc2)c(C)[n+]1N. The molecule has 0 saturated carbocycles. The summed E-state index contributed by atoms with van der Waals surface area (Å²) in [5.41, 5.74) is 0.659. The van der Waals surface area contributed by atoms with Crippen LogP contribution in [0.5, 0.6) is 0 Å². The third-order valence-electron chi connectivity index (χ3n) is 3.16. The summed E-state index contributed by atoms with van der Waals surface area (Å²) in [6.45, 7) is 5.47. The largest absolute Gasteiger partial charge is 0.295 e. The van der Waals surface area contributed by atoms with E-state index in [4.69, 9.17) is 5.84 Å². The Morgan fingerprint density at radius 2 is 1.95 bits per heavy atom. The first-order valence-electron chi connectivity index (χ1n) is 5.94. The first kappa shape index (κ1) is 13.7. The van der Waals surface area contributed by atoms with Gasteiger partial charge in [-0.25, -0.2) is 0 Å². The molecular formula is C13H16BrN4O+. The Labute approximate surface area is 120 Å². The van der Waals surface area contributed by atoms with Crippen molar-refractivity contribution < 1.29 is 9.47 Å². The van der Waals surface area contributed by atoms with Crippen molar-refractivity contribution in [1.82, 2.24) is 9.78 Å². The van der Waals surface area contributed by atoms with Crippen molar-refractivity contribution in [2.75, 3.05) is 5.84 Å². The Hall–Kier alpha value is -1.69. The van der Waals surface area contributed by atoms with Gasteiger partial charge in [0.15, 0.2) is 6.04 Å². The Morgan fingerprint density at radius 1 is 1.37 bits per heavy atom. The molecule has 2 rings (SSSR count). The number of hydrogen-bond donors (Lipinski definition) is 1. The summed E-state index contributed by atoms with van der Waals surface area (Å²) in [4.78, 5) is 12.4. The second-order valence-corrected chi connectivity index (χ2v) is 5.37. The molecule has 6 heteroatoms. The first-order valence-corrected chi connectivity index (χ1v) is 6.73. The molecule has 5 nitrogen and oxygen atoms in total. The summed E-state index contributed by atoms with van der Waals surface area (Å²) in [5, 5.41) is 4.30. The highest BCUT2D eigenvalue weighted by molar-refractivity contribution is 9.10. The van der Waals surface area contributed by atoms with E-state index in [0.717, 1.165) is 10.3 Å². The molecule has 1 atom stereocenters. The van der Waals surface area contributed by atoms with Crippen molar-refractivity contribution in [2.24, 2.45) is 0 Å². The zero-order valence-corrected chi connectivity index (χ0v) is 12.7. The maximum absolute atomic E-state index is 12.4. The molecule has 0 aliphatic heterocycles. The molecule has 100 valence electrons. The van der Waals surface area contributed by atoms with Crippen LogP contribution in [-0.2, 0) is 0 Å². The number of benzene rings is 1. The molecule has 1 aromatic heterocycles. The number of aryl methyl sites for hydroxylation is 1. The van der Waals surface area contributed by atoms with Gasteiger partial charge in [0.1, 0.15) is 0 Å². The average molecular weight is 324 g/mol. The second kappa shape index (κ2) is 5.13. The lowest BCUT2D eigenvalue weighted by atomic mass is 10.1. The van der Waals surface area contributed by atoms with Gasteiger partial charge in [-0.2, -0.15) is 0 Å². The number of ketones is 1. The predicted octanol–water partition coefficient (Wildman–Crippen LogP) is 1.71. The van der Waals surface area contributed by atoms with E-state index in [0.29, 0.717) is 11.4 Å². The summed E-state index contributed by atoms with van der Waals surface area (Å²) in [6, 6.07) is 6.91. The number of nitrogen functional groups attached to an aromatic ring is 1. The van der Waals surface area contributed by atoms with Crippen molar-refractivity contribution in [2.45, 2.75) is 26.8 Å². The van der Waals surface area contributed by atoms with E-state index in [-0.39, 0.29) is 11.8 Å². The van der Waals surface area contributed by atoms with E-state index in [2.05, 4.69) is 21.0 Å². The molecule has 0 bridgehead atoms. The smallest absolute Gasteiger partial charge is 0.290 e. The first-order chi connectivity index (χ1) is 8.91. The minimum atomic E-state index is -0.385. The number of nitrogens with zero attached hydrogens (tertiary/aromatic N) is 3. The zero-order valence-electron chi connectivity index (χ0n) is 11.1. The highest BCUT2D eigenvalue weighted by atomic mass is 79.9. The molecule has 2 N–H and O–H groups in total. The van der Waals surface area contributed by atoms with Gasteiger partial charge in [-0.3, -0.25) is 10.6 Å². The van der Waals surface area contributed by atoms with Crippen molar-refractivity contribution >= 4 is 21.7 Å².